The predicted octanol–water partition coefficient (Wildman–Crippen LogP) is 3.47. The second kappa shape index (κ2) is 3.14. The molecule has 12 heavy (non-hydrogen) atoms. The van der Waals surface area contributed by atoms with Gasteiger partial charge >= 0.3 is 0 Å². The second-order valence-electron chi connectivity index (χ2n) is 3.79. The van der Waals surface area contributed by atoms with Crippen molar-refractivity contribution < 1.29 is 0 Å². The van der Waals surface area contributed by atoms with E-state index in [0.29, 0.717) is 0 Å². The van der Waals surface area contributed by atoms with Crippen LogP contribution in [0, 0.1) is 6.92 Å². The van der Waals surface area contributed by atoms with Gasteiger partial charge in [-0.15, -0.1) is 0 Å². The maximum absolute atomic E-state index is 4.37. The lowest BCUT2D eigenvalue weighted by Crippen LogP contribution is -2.23. The maximum atomic E-state index is 4.37. The normalized spacial score (nSPS) is 12.2. The van der Waals surface area contributed by atoms with E-state index in [9.17, 15) is 0 Å². The molecule has 0 unspecified atom stereocenters. The van der Waals surface area contributed by atoms with E-state index in [1.165, 1.54) is 0 Å². The summed E-state index contributed by atoms with van der Waals surface area (Å²) < 4.78 is 3.91. The van der Waals surface area contributed by atoms with Crippen molar-refractivity contribution >= 4 is 31.9 Å². The Hall–Kier alpha value is 0.170. The molecule has 1 heterocycles. The number of rotatable bonds is 0. The summed E-state index contributed by atoms with van der Waals surface area (Å²) >= 11 is 6.90. The first-order chi connectivity index (χ1) is 5.34. The molecular formula is C8H12Br2N2. The molecule has 0 saturated heterocycles. The molecule has 0 aromatic carbocycles. The van der Waals surface area contributed by atoms with Gasteiger partial charge in [0.1, 0.15) is 9.21 Å². The molecular weight excluding hydrogens is 284 g/mol. The third-order valence-corrected chi connectivity index (χ3v) is 3.31. The molecule has 0 bridgehead atoms. The van der Waals surface area contributed by atoms with Gasteiger partial charge in [0.05, 0.1) is 5.54 Å². The summed E-state index contributed by atoms with van der Waals surface area (Å²) in [6.07, 6.45) is 0. The minimum Gasteiger partial charge on any atom is -0.252 e. The Morgan fingerprint density at radius 1 is 1.25 bits per heavy atom. The van der Waals surface area contributed by atoms with Crippen molar-refractivity contribution in [3.63, 3.8) is 0 Å². The van der Waals surface area contributed by atoms with E-state index in [0.717, 1.165) is 14.8 Å². The molecule has 1 rings (SSSR count). The first kappa shape index (κ1) is 10.3. The predicted molar refractivity (Wildman–Crippen MR) is 57.4 cm³/mol. The highest BCUT2D eigenvalue weighted by Crippen LogP contribution is 2.28. The van der Waals surface area contributed by atoms with Gasteiger partial charge < -0.3 is 0 Å². The average Bonchev–Trinajstić information content (AvgIpc) is 2.15. The third-order valence-electron chi connectivity index (χ3n) is 1.63. The van der Waals surface area contributed by atoms with E-state index in [4.69, 9.17) is 0 Å². The van der Waals surface area contributed by atoms with Crippen LogP contribution in [-0.2, 0) is 5.54 Å². The molecule has 0 aliphatic heterocycles. The molecule has 4 heteroatoms. The van der Waals surface area contributed by atoms with Gasteiger partial charge in [-0.05, 0) is 59.6 Å². The molecule has 0 aliphatic carbocycles. The SMILES string of the molecule is Cc1c(Br)nn(C(C)(C)C)c1Br. The molecule has 0 spiro atoms. The molecule has 1 aromatic heterocycles. The number of hydrogen-bond acceptors (Lipinski definition) is 1. The van der Waals surface area contributed by atoms with Gasteiger partial charge in [-0.2, -0.15) is 5.10 Å². The second-order valence-corrected chi connectivity index (χ2v) is 5.29. The van der Waals surface area contributed by atoms with Gasteiger partial charge in [-0.1, -0.05) is 0 Å². The van der Waals surface area contributed by atoms with Crippen LogP contribution in [0.15, 0.2) is 9.21 Å². The zero-order valence-electron chi connectivity index (χ0n) is 7.65. The maximum Gasteiger partial charge on any atom is 0.132 e. The van der Waals surface area contributed by atoms with Crippen LogP contribution in [0.3, 0.4) is 0 Å². The van der Waals surface area contributed by atoms with Gasteiger partial charge in [0.25, 0.3) is 0 Å². The van der Waals surface area contributed by atoms with Gasteiger partial charge in [0.2, 0.25) is 0 Å². The van der Waals surface area contributed by atoms with E-state index >= 15 is 0 Å². The van der Waals surface area contributed by atoms with E-state index in [1.807, 2.05) is 11.6 Å². The number of halogens is 2. The summed E-state index contributed by atoms with van der Waals surface area (Å²) in [7, 11) is 0. The number of nitrogens with zero attached hydrogens (tertiary/aromatic N) is 2. The van der Waals surface area contributed by atoms with Crippen molar-refractivity contribution in [3.8, 4) is 0 Å². The number of hydrogen-bond donors (Lipinski definition) is 0. The van der Waals surface area contributed by atoms with Crippen LogP contribution >= 0.6 is 31.9 Å². The standard InChI is InChI=1S/C8H12Br2N2/c1-5-6(9)11-12(7(5)10)8(2,3)4/h1-4H3. The molecule has 68 valence electrons. The smallest absolute Gasteiger partial charge is 0.132 e. The van der Waals surface area contributed by atoms with Gasteiger partial charge in [-0.25, -0.2) is 0 Å². The molecule has 2 nitrogen and oxygen atoms in total. The van der Waals surface area contributed by atoms with Gasteiger partial charge in [0, 0.05) is 5.56 Å². The highest BCUT2D eigenvalue weighted by molar-refractivity contribution is 9.11. The lowest BCUT2D eigenvalue weighted by molar-refractivity contribution is 0.347. The van der Waals surface area contributed by atoms with Crippen LogP contribution in [0.5, 0.6) is 0 Å². The van der Waals surface area contributed by atoms with Crippen molar-refractivity contribution in [2.24, 2.45) is 0 Å². The molecule has 0 fully saturated rings. The molecule has 1 aromatic rings. The third kappa shape index (κ3) is 1.74. The Labute approximate surface area is 89.6 Å². The summed E-state index contributed by atoms with van der Waals surface area (Å²) in [4.78, 5) is 0. The van der Waals surface area contributed by atoms with Crippen LogP contribution < -0.4 is 0 Å². The Bertz CT molecular complexity index is 297. The largest absolute Gasteiger partial charge is 0.252 e. The Balaban J connectivity index is 3.28. The topological polar surface area (TPSA) is 17.8 Å². The van der Waals surface area contributed by atoms with Crippen LogP contribution in [0.1, 0.15) is 26.3 Å². The average molecular weight is 296 g/mol. The minimum atomic E-state index is 0.0234. The molecule has 0 atom stereocenters. The molecule has 0 N–H and O–H groups in total. The van der Waals surface area contributed by atoms with Gasteiger partial charge in [0.15, 0.2) is 0 Å². The first-order valence-electron chi connectivity index (χ1n) is 3.75. The van der Waals surface area contributed by atoms with E-state index in [-0.39, 0.29) is 5.54 Å². The van der Waals surface area contributed by atoms with E-state index in [2.05, 4.69) is 57.7 Å². The summed E-state index contributed by atoms with van der Waals surface area (Å²) in [5, 5.41) is 4.37. The summed E-state index contributed by atoms with van der Waals surface area (Å²) in [5.74, 6) is 0. The lowest BCUT2D eigenvalue weighted by Gasteiger charge is -2.20. The Kier molecular flexibility index (Phi) is 2.69. The van der Waals surface area contributed by atoms with Crippen molar-refractivity contribution in [1.82, 2.24) is 9.78 Å². The summed E-state index contributed by atoms with van der Waals surface area (Å²) in [6, 6.07) is 0. The number of aromatic nitrogens is 2. The van der Waals surface area contributed by atoms with Crippen LogP contribution in [0.25, 0.3) is 0 Å². The molecule has 0 aliphatic rings. The molecule has 0 amide bonds. The first-order valence-corrected chi connectivity index (χ1v) is 5.33. The van der Waals surface area contributed by atoms with Crippen LogP contribution in [0.2, 0.25) is 0 Å². The van der Waals surface area contributed by atoms with Crippen molar-refractivity contribution in [1.29, 1.82) is 0 Å². The lowest BCUT2D eigenvalue weighted by atomic mass is 10.1. The van der Waals surface area contributed by atoms with E-state index < -0.39 is 0 Å². The fourth-order valence-corrected chi connectivity index (χ4v) is 2.31. The molecule has 0 radical (unpaired) electrons. The Morgan fingerprint density at radius 2 is 1.75 bits per heavy atom. The zero-order chi connectivity index (χ0) is 9.52. The van der Waals surface area contributed by atoms with Crippen molar-refractivity contribution in [2.75, 3.05) is 0 Å². The summed E-state index contributed by atoms with van der Waals surface area (Å²) in [5.41, 5.74) is 1.17. The minimum absolute atomic E-state index is 0.0234. The fourth-order valence-electron chi connectivity index (χ4n) is 0.895. The quantitative estimate of drug-likeness (QED) is 0.717. The van der Waals surface area contributed by atoms with E-state index in [1.54, 1.807) is 0 Å². The highest BCUT2D eigenvalue weighted by Gasteiger charge is 2.20. The molecule has 0 saturated carbocycles. The van der Waals surface area contributed by atoms with Crippen LogP contribution in [0.4, 0.5) is 0 Å². The summed E-state index contributed by atoms with van der Waals surface area (Å²) in [6.45, 7) is 8.40. The van der Waals surface area contributed by atoms with Crippen molar-refractivity contribution in [3.05, 3.63) is 14.8 Å². The monoisotopic (exact) mass is 294 g/mol. The fraction of sp³-hybridized carbons (Fsp3) is 0.625. The zero-order valence-corrected chi connectivity index (χ0v) is 10.8. The highest BCUT2D eigenvalue weighted by atomic mass is 79.9. The van der Waals surface area contributed by atoms with Gasteiger partial charge in [-0.3, -0.25) is 4.68 Å². The van der Waals surface area contributed by atoms with Crippen LogP contribution in [-0.4, -0.2) is 9.78 Å². The Morgan fingerprint density at radius 3 is 1.92 bits per heavy atom. The van der Waals surface area contributed by atoms with Crippen molar-refractivity contribution in [2.45, 2.75) is 33.2 Å².